The van der Waals surface area contributed by atoms with Crippen LogP contribution in [0.15, 0.2) is 24.3 Å². The SMILES string of the molecule is CCOC(=O)CCCCOCC(C)(C)[C@]1(O)[C@H](c2cccc(OC)c2)OCC1(C)C. The second kappa shape index (κ2) is 10.1. The molecule has 1 aromatic rings. The van der Waals surface area contributed by atoms with Gasteiger partial charge < -0.3 is 24.1 Å². The molecule has 0 radical (unpaired) electrons. The van der Waals surface area contributed by atoms with Crippen LogP contribution in [-0.4, -0.2) is 50.2 Å². The summed E-state index contributed by atoms with van der Waals surface area (Å²) >= 11 is 0. The molecular formula is C24H38O6. The van der Waals surface area contributed by atoms with Crippen molar-refractivity contribution in [1.82, 2.24) is 0 Å². The van der Waals surface area contributed by atoms with Crippen molar-refractivity contribution in [1.29, 1.82) is 0 Å². The van der Waals surface area contributed by atoms with Crippen molar-refractivity contribution < 1.29 is 28.8 Å². The molecule has 30 heavy (non-hydrogen) atoms. The highest BCUT2D eigenvalue weighted by atomic mass is 16.5. The number of aliphatic hydroxyl groups is 1. The number of hydrogen-bond acceptors (Lipinski definition) is 6. The maximum absolute atomic E-state index is 12.1. The lowest BCUT2D eigenvalue weighted by Crippen LogP contribution is -2.57. The lowest BCUT2D eigenvalue weighted by atomic mass is 9.59. The molecule has 0 spiro atoms. The van der Waals surface area contributed by atoms with Gasteiger partial charge >= 0.3 is 5.97 Å². The number of ether oxygens (including phenoxy) is 4. The van der Waals surface area contributed by atoms with E-state index >= 15 is 0 Å². The Morgan fingerprint density at radius 2 is 2.03 bits per heavy atom. The Balaban J connectivity index is 2.05. The molecule has 2 rings (SSSR count). The molecule has 1 aromatic carbocycles. The molecule has 0 bridgehead atoms. The maximum atomic E-state index is 12.1. The number of rotatable bonds is 11. The topological polar surface area (TPSA) is 74.2 Å². The summed E-state index contributed by atoms with van der Waals surface area (Å²) < 4.78 is 22.4. The van der Waals surface area contributed by atoms with E-state index < -0.39 is 22.5 Å². The molecule has 1 fully saturated rings. The maximum Gasteiger partial charge on any atom is 0.305 e. The second-order valence-electron chi connectivity index (χ2n) is 9.32. The summed E-state index contributed by atoms with van der Waals surface area (Å²) in [5, 5.41) is 12.1. The van der Waals surface area contributed by atoms with Crippen molar-refractivity contribution in [3.63, 3.8) is 0 Å². The quantitative estimate of drug-likeness (QED) is 0.423. The van der Waals surface area contributed by atoms with Gasteiger partial charge in [0.2, 0.25) is 0 Å². The standard InChI is InChI=1S/C24H38O6/c1-7-29-20(25)13-8-9-14-28-16-22(2,3)24(26)21(30-17-23(24,4)5)18-11-10-12-19(15-18)27-6/h10-12,15,21,26H,7-9,13-14,16-17H2,1-6H3/t21-,24+/m0/s1. The number of hydrogen-bond donors (Lipinski definition) is 1. The van der Waals surface area contributed by atoms with Gasteiger partial charge in [0, 0.05) is 23.9 Å². The van der Waals surface area contributed by atoms with Crippen molar-refractivity contribution in [2.75, 3.05) is 33.5 Å². The molecule has 170 valence electrons. The number of carbonyl (C=O) groups excluding carboxylic acids is 1. The van der Waals surface area contributed by atoms with Crippen molar-refractivity contribution >= 4 is 5.97 Å². The highest BCUT2D eigenvalue weighted by Crippen LogP contribution is 2.57. The lowest BCUT2D eigenvalue weighted by molar-refractivity contribution is -0.177. The number of unbranched alkanes of at least 4 members (excludes halogenated alkanes) is 1. The number of methoxy groups -OCH3 is 1. The monoisotopic (exact) mass is 422 g/mol. The molecule has 0 amide bonds. The fourth-order valence-electron chi connectivity index (χ4n) is 4.43. The summed E-state index contributed by atoms with van der Waals surface area (Å²) in [6, 6.07) is 7.68. The van der Waals surface area contributed by atoms with Gasteiger partial charge in [0.05, 0.1) is 26.9 Å². The first-order valence-corrected chi connectivity index (χ1v) is 10.8. The average molecular weight is 423 g/mol. The van der Waals surface area contributed by atoms with Crippen LogP contribution >= 0.6 is 0 Å². The van der Waals surface area contributed by atoms with Crippen molar-refractivity contribution in [3.8, 4) is 5.75 Å². The molecule has 0 unspecified atom stereocenters. The molecular weight excluding hydrogens is 384 g/mol. The molecule has 1 aliphatic rings. The Morgan fingerprint density at radius 1 is 1.30 bits per heavy atom. The Bertz CT molecular complexity index is 699. The number of benzene rings is 1. The van der Waals surface area contributed by atoms with E-state index in [1.807, 2.05) is 52.0 Å². The van der Waals surface area contributed by atoms with E-state index in [1.54, 1.807) is 14.0 Å². The highest BCUT2D eigenvalue weighted by Gasteiger charge is 2.63. The Labute approximate surface area is 180 Å². The van der Waals surface area contributed by atoms with Gasteiger partial charge in [-0.3, -0.25) is 4.79 Å². The third-order valence-electron chi connectivity index (χ3n) is 6.14. The van der Waals surface area contributed by atoms with Crippen LogP contribution in [0.25, 0.3) is 0 Å². The zero-order valence-electron chi connectivity index (χ0n) is 19.3. The summed E-state index contributed by atoms with van der Waals surface area (Å²) in [6.45, 7) is 11.7. The molecule has 0 aromatic heterocycles. The van der Waals surface area contributed by atoms with Crippen molar-refractivity contribution in [3.05, 3.63) is 29.8 Å². The second-order valence-corrected chi connectivity index (χ2v) is 9.32. The fourth-order valence-corrected chi connectivity index (χ4v) is 4.43. The molecule has 1 aliphatic heterocycles. The van der Waals surface area contributed by atoms with Crippen LogP contribution in [0.3, 0.4) is 0 Å². The van der Waals surface area contributed by atoms with Gasteiger partial charge in [-0.15, -0.1) is 0 Å². The summed E-state index contributed by atoms with van der Waals surface area (Å²) in [7, 11) is 1.63. The zero-order chi connectivity index (χ0) is 22.4. The summed E-state index contributed by atoms with van der Waals surface area (Å²) in [4.78, 5) is 11.4. The van der Waals surface area contributed by atoms with Crippen LogP contribution in [0.5, 0.6) is 5.75 Å². The molecule has 1 heterocycles. The molecule has 0 saturated carbocycles. The van der Waals surface area contributed by atoms with Crippen molar-refractivity contribution in [2.45, 2.75) is 65.6 Å². The minimum absolute atomic E-state index is 0.168. The normalized spacial score (nSPS) is 23.4. The van der Waals surface area contributed by atoms with Crippen molar-refractivity contribution in [2.24, 2.45) is 10.8 Å². The van der Waals surface area contributed by atoms with Crippen LogP contribution < -0.4 is 4.74 Å². The predicted molar refractivity (Wildman–Crippen MR) is 116 cm³/mol. The third kappa shape index (κ3) is 5.16. The molecule has 1 N–H and O–H groups in total. The van der Waals surface area contributed by atoms with Gasteiger partial charge in [-0.1, -0.05) is 39.8 Å². The van der Waals surface area contributed by atoms with E-state index in [4.69, 9.17) is 18.9 Å². The lowest BCUT2D eigenvalue weighted by Gasteiger charge is -2.49. The third-order valence-corrected chi connectivity index (χ3v) is 6.14. The Hall–Kier alpha value is -1.63. The van der Waals surface area contributed by atoms with E-state index in [0.29, 0.717) is 32.8 Å². The van der Waals surface area contributed by atoms with Crippen LogP contribution in [0.4, 0.5) is 0 Å². The first kappa shape index (κ1) is 24.6. The largest absolute Gasteiger partial charge is 0.497 e. The van der Waals surface area contributed by atoms with Gasteiger partial charge in [0.15, 0.2) is 0 Å². The van der Waals surface area contributed by atoms with E-state index in [2.05, 4.69) is 0 Å². The van der Waals surface area contributed by atoms with Crippen LogP contribution in [0, 0.1) is 10.8 Å². The molecule has 0 aliphatic carbocycles. The van der Waals surface area contributed by atoms with Crippen LogP contribution in [0.1, 0.15) is 65.5 Å². The van der Waals surface area contributed by atoms with Gasteiger partial charge in [-0.05, 0) is 37.5 Å². The van der Waals surface area contributed by atoms with E-state index in [0.717, 1.165) is 24.2 Å². The Kier molecular flexibility index (Phi) is 8.31. The molecule has 6 heteroatoms. The molecule has 2 atom stereocenters. The Morgan fingerprint density at radius 3 is 2.70 bits per heavy atom. The predicted octanol–water partition coefficient (Wildman–Crippen LogP) is 4.30. The van der Waals surface area contributed by atoms with Gasteiger partial charge in [0.1, 0.15) is 17.5 Å². The van der Waals surface area contributed by atoms with Crippen LogP contribution in [-0.2, 0) is 19.0 Å². The van der Waals surface area contributed by atoms with E-state index in [9.17, 15) is 9.90 Å². The van der Waals surface area contributed by atoms with E-state index in [1.165, 1.54) is 0 Å². The summed E-state index contributed by atoms with van der Waals surface area (Å²) in [5.74, 6) is 0.567. The summed E-state index contributed by atoms with van der Waals surface area (Å²) in [5.41, 5.74) is -1.28. The number of esters is 1. The zero-order valence-corrected chi connectivity index (χ0v) is 19.3. The van der Waals surface area contributed by atoms with Gasteiger partial charge in [-0.2, -0.15) is 0 Å². The first-order valence-electron chi connectivity index (χ1n) is 10.8. The first-order chi connectivity index (χ1) is 14.1. The average Bonchev–Trinajstić information content (AvgIpc) is 2.95. The van der Waals surface area contributed by atoms with Gasteiger partial charge in [0.25, 0.3) is 0 Å². The highest BCUT2D eigenvalue weighted by molar-refractivity contribution is 5.69. The number of carbonyl (C=O) groups is 1. The molecule has 6 nitrogen and oxygen atoms in total. The minimum Gasteiger partial charge on any atom is -0.497 e. The minimum atomic E-state index is -1.14. The van der Waals surface area contributed by atoms with Gasteiger partial charge in [-0.25, -0.2) is 0 Å². The van der Waals surface area contributed by atoms with E-state index in [-0.39, 0.29) is 5.97 Å². The fraction of sp³-hybridized carbons (Fsp3) is 0.708. The van der Waals surface area contributed by atoms with Crippen LogP contribution in [0.2, 0.25) is 0 Å². The molecule has 1 saturated heterocycles. The smallest absolute Gasteiger partial charge is 0.305 e. The summed E-state index contributed by atoms with van der Waals surface area (Å²) in [6.07, 6.45) is 1.42.